The number of nitrogens with zero attached hydrogens (tertiary/aromatic N) is 3. The van der Waals surface area contributed by atoms with Crippen molar-refractivity contribution in [3.05, 3.63) is 59.8 Å². The molecular weight excluding hydrogens is 281 g/mol. The van der Waals surface area contributed by atoms with Gasteiger partial charge in [0.05, 0.1) is 6.04 Å². The summed E-state index contributed by atoms with van der Waals surface area (Å²) in [5.74, 6) is 1.29. The fourth-order valence-corrected chi connectivity index (χ4v) is 2.63. The van der Waals surface area contributed by atoms with Gasteiger partial charge in [0.2, 0.25) is 0 Å². The van der Waals surface area contributed by atoms with Crippen LogP contribution >= 0.6 is 0 Å². The lowest BCUT2D eigenvalue weighted by molar-refractivity contribution is 0.229. The Morgan fingerprint density at radius 3 is 2.73 bits per heavy atom. The average Bonchev–Trinajstić information content (AvgIpc) is 3.07. The molecule has 0 radical (unpaired) electrons. The smallest absolute Gasteiger partial charge is 0.170 e. The predicted octanol–water partition coefficient (Wildman–Crippen LogP) is 3.20. The second kappa shape index (κ2) is 5.14. The highest BCUT2D eigenvalue weighted by Crippen LogP contribution is 2.40. The standard InChI is InChI=1S/C16H18FN5/c1-11(12-4-6-14(17)7-5-12)21-8-9-22(20-21)16-10-15(18-19-16)13-2-3-13/h4-11,13,20H,2-3H2,1H3,(H,18,19)/t11-/m0/s1. The molecular formula is C16H18FN5. The molecule has 2 aromatic rings. The van der Waals surface area contributed by atoms with Crippen molar-refractivity contribution in [2.24, 2.45) is 0 Å². The molecule has 4 rings (SSSR count). The largest absolute Gasteiger partial charge is 0.289 e. The van der Waals surface area contributed by atoms with Crippen LogP contribution in [0.4, 0.5) is 10.2 Å². The highest BCUT2D eigenvalue weighted by Gasteiger charge is 2.27. The number of H-pyrrole nitrogens is 1. The van der Waals surface area contributed by atoms with Gasteiger partial charge >= 0.3 is 0 Å². The molecule has 1 aliphatic carbocycles. The topological polar surface area (TPSA) is 47.2 Å². The van der Waals surface area contributed by atoms with Gasteiger partial charge in [0.25, 0.3) is 0 Å². The highest BCUT2D eigenvalue weighted by molar-refractivity contribution is 5.43. The van der Waals surface area contributed by atoms with E-state index in [0.717, 1.165) is 11.4 Å². The molecule has 1 aromatic carbocycles. The number of hydrogen-bond donors (Lipinski definition) is 2. The maximum atomic E-state index is 13.0. The summed E-state index contributed by atoms with van der Waals surface area (Å²) in [5, 5.41) is 11.3. The van der Waals surface area contributed by atoms with Gasteiger partial charge in [-0.05, 0) is 37.5 Å². The van der Waals surface area contributed by atoms with Crippen molar-refractivity contribution < 1.29 is 4.39 Å². The van der Waals surface area contributed by atoms with Gasteiger partial charge in [-0.15, -0.1) is 5.53 Å². The molecule has 114 valence electrons. The first-order valence-electron chi connectivity index (χ1n) is 7.53. The molecule has 1 aliphatic heterocycles. The van der Waals surface area contributed by atoms with Crippen LogP contribution < -0.4 is 10.5 Å². The first-order chi connectivity index (χ1) is 10.7. The van der Waals surface area contributed by atoms with Crippen molar-refractivity contribution in [2.45, 2.75) is 31.7 Å². The van der Waals surface area contributed by atoms with E-state index in [1.54, 1.807) is 12.1 Å². The van der Waals surface area contributed by atoms with E-state index in [1.807, 2.05) is 22.4 Å². The van der Waals surface area contributed by atoms with Gasteiger partial charge in [0.1, 0.15) is 5.82 Å². The minimum Gasteiger partial charge on any atom is -0.289 e. The number of aromatic nitrogens is 2. The Morgan fingerprint density at radius 2 is 2.00 bits per heavy atom. The number of hydrogen-bond acceptors (Lipinski definition) is 4. The van der Waals surface area contributed by atoms with E-state index in [-0.39, 0.29) is 11.9 Å². The Labute approximate surface area is 128 Å². The van der Waals surface area contributed by atoms with E-state index >= 15 is 0 Å². The van der Waals surface area contributed by atoms with Crippen LogP contribution in [0, 0.1) is 5.82 Å². The third kappa shape index (κ3) is 2.46. The number of halogens is 1. The van der Waals surface area contributed by atoms with Gasteiger partial charge in [0.15, 0.2) is 5.82 Å². The molecule has 1 aromatic heterocycles. The number of aromatic amines is 1. The van der Waals surface area contributed by atoms with Crippen LogP contribution in [-0.4, -0.2) is 15.2 Å². The highest BCUT2D eigenvalue weighted by atomic mass is 19.1. The van der Waals surface area contributed by atoms with E-state index < -0.39 is 0 Å². The quantitative estimate of drug-likeness (QED) is 0.910. The zero-order valence-corrected chi connectivity index (χ0v) is 12.3. The van der Waals surface area contributed by atoms with Crippen LogP contribution in [0.5, 0.6) is 0 Å². The van der Waals surface area contributed by atoms with Crippen molar-refractivity contribution in [3.63, 3.8) is 0 Å². The number of nitrogens with one attached hydrogen (secondary N) is 2. The Kier molecular flexibility index (Phi) is 3.11. The molecule has 1 atom stereocenters. The minimum atomic E-state index is -0.216. The second-order valence-electron chi connectivity index (χ2n) is 5.86. The number of rotatable bonds is 4. The molecule has 2 aliphatic rings. The summed E-state index contributed by atoms with van der Waals surface area (Å²) < 4.78 is 13.0. The van der Waals surface area contributed by atoms with Gasteiger partial charge in [-0.2, -0.15) is 5.10 Å². The fraction of sp³-hybridized carbons (Fsp3) is 0.312. The van der Waals surface area contributed by atoms with E-state index in [2.05, 4.69) is 28.7 Å². The Bertz CT molecular complexity index is 689. The molecule has 0 bridgehead atoms. The van der Waals surface area contributed by atoms with Crippen LogP contribution in [0.1, 0.15) is 43.0 Å². The molecule has 0 amide bonds. The number of anilines is 1. The zero-order chi connectivity index (χ0) is 15.1. The van der Waals surface area contributed by atoms with Crippen LogP contribution in [-0.2, 0) is 0 Å². The lowest BCUT2D eigenvalue weighted by Gasteiger charge is -2.27. The maximum Gasteiger partial charge on any atom is 0.170 e. The molecule has 2 heterocycles. The maximum absolute atomic E-state index is 13.0. The summed E-state index contributed by atoms with van der Waals surface area (Å²) in [7, 11) is 0. The summed E-state index contributed by atoms with van der Waals surface area (Å²) in [5.41, 5.74) is 5.52. The Morgan fingerprint density at radius 1 is 1.23 bits per heavy atom. The minimum absolute atomic E-state index is 0.0868. The van der Waals surface area contributed by atoms with Crippen molar-refractivity contribution in [2.75, 3.05) is 5.01 Å². The van der Waals surface area contributed by atoms with Crippen LogP contribution in [0.2, 0.25) is 0 Å². The Hall–Kier alpha value is -2.34. The van der Waals surface area contributed by atoms with Crippen LogP contribution in [0.25, 0.3) is 0 Å². The lowest BCUT2D eigenvalue weighted by Crippen LogP contribution is -2.40. The van der Waals surface area contributed by atoms with Gasteiger partial charge in [-0.25, -0.2) is 9.40 Å². The Balaban J connectivity index is 1.45. The third-order valence-corrected chi connectivity index (χ3v) is 4.22. The summed E-state index contributed by atoms with van der Waals surface area (Å²) in [6.07, 6.45) is 6.39. The summed E-state index contributed by atoms with van der Waals surface area (Å²) in [6, 6.07) is 8.75. The molecule has 6 heteroatoms. The molecule has 5 nitrogen and oxygen atoms in total. The number of hydrazine groups is 2. The zero-order valence-electron chi connectivity index (χ0n) is 12.3. The summed E-state index contributed by atoms with van der Waals surface area (Å²) >= 11 is 0. The van der Waals surface area contributed by atoms with Crippen LogP contribution in [0.3, 0.4) is 0 Å². The molecule has 1 saturated carbocycles. The van der Waals surface area contributed by atoms with Crippen molar-refractivity contribution in [1.29, 1.82) is 0 Å². The van der Waals surface area contributed by atoms with E-state index in [4.69, 9.17) is 0 Å². The van der Waals surface area contributed by atoms with Crippen molar-refractivity contribution >= 4 is 5.82 Å². The molecule has 22 heavy (non-hydrogen) atoms. The second-order valence-corrected chi connectivity index (χ2v) is 5.86. The first-order valence-corrected chi connectivity index (χ1v) is 7.53. The first kappa shape index (κ1) is 13.3. The van der Waals surface area contributed by atoms with Gasteiger partial charge in [-0.1, -0.05) is 12.1 Å². The van der Waals surface area contributed by atoms with Gasteiger partial charge in [0, 0.05) is 30.1 Å². The van der Waals surface area contributed by atoms with Gasteiger partial charge < -0.3 is 0 Å². The normalized spacial score (nSPS) is 19.0. The SMILES string of the molecule is C[C@@H](c1ccc(F)cc1)N1C=CN(c2cc(C3CC3)[nH]n2)N1. The van der Waals surface area contributed by atoms with E-state index in [9.17, 15) is 4.39 Å². The van der Waals surface area contributed by atoms with Crippen molar-refractivity contribution in [3.8, 4) is 0 Å². The van der Waals surface area contributed by atoms with Gasteiger partial charge in [-0.3, -0.25) is 10.1 Å². The van der Waals surface area contributed by atoms with E-state index in [0.29, 0.717) is 5.92 Å². The average molecular weight is 299 g/mol. The lowest BCUT2D eigenvalue weighted by atomic mass is 10.1. The number of benzene rings is 1. The van der Waals surface area contributed by atoms with E-state index in [1.165, 1.54) is 30.7 Å². The predicted molar refractivity (Wildman–Crippen MR) is 82.0 cm³/mol. The fourth-order valence-electron chi connectivity index (χ4n) is 2.63. The molecule has 0 spiro atoms. The molecule has 1 fully saturated rings. The summed E-state index contributed by atoms with van der Waals surface area (Å²) in [6.45, 7) is 2.06. The summed E-state index contributed by atoms with van der Waals surface area (Å²) in [4.78, 5) is 0. The third-order valence-electron chi connectivity index (χ3n) is 4.22. The molecule has 0 unspecified atom stereocenters. The molecule has 0 saturated heterocycles. The monoisotopic (exact) mass is 299 g/mol. The van der Waals surface area contributed by atoms with Crippen molar-refractivity contribution in [1.82, 2.24) is 20.7 Å². The van der Waals surface area contributed by atoms with Crippen LogP contribution in [0.15, 0.2) is 42.7 Å². The molecule has 2 N–H and O–H groups in total.